The van der Waals surface area contributed by atoms with E-state index < -0.39 is 0 Å². The van der Waals surface area contributed by atoms with Crippen molar-refractivity contribution < 1.29 is 4.84 Å². The fourth-order valence-corrected chi connectivity index (χ4v) is 2.01. The van der Waals surface area contributed by atoms with E-state index in [1.807, 2.05) is 19.1 Å². The van der Waals surface area contributed by atoms with Gasteiger partial charge in [-0.25, -0.2) is 4.98 Å². The molecule has 0 radical (unpaired) electrons. The Labute approximate surface area is 124 Å². The Bertz CT molecular complexity index is 652. The van der Waals surface area contributed by atoms with Crippen molar-refractivity contribution in [2.45, 2.75) is 13.8 Å². The van der Waals surface area contributed by atoms with E-state index in [4.69, 9.17) is 10.6 Å². The lowest BCUT2D eigenvalue weighted by molar-refractivity contribution is 0.213. The van der Waals surface area contributed by atoms with Gasteiger partial charge in [0.25, 0.3) is 0 Å². The van der Waals surface area contributed by atoms with Gasteiger partial charge in [-0.1, -0.05) is 35.0 Å². The Kier molecular flexibility index (Phi) is 4.77. The topological polar surface area (TPSA) is 72.5 Å². The Balaban J connectivity index is 2.23. The Morgan fingerprint density at radius 3 is 2.86 bits per heavy atom. The standard InChI is InChI=1S/C16H20N4O/c1-11-5-4-6-13(7-11)14-8-15(16(17)19-10-14)18-9-12(2)20-21-3/h4-8,10,18H,9H2,1-3H3,(H2,17,19)/b20-12+. The number of anilines is 2. The minimum atomic E-state index is 0.469. The number of oxime groups is 1. The van der Waals surface area contributed by atoms with Gasteiger partial charge in [-0.3, -0.25) is 0 Å². The molecule has 5 heteroatoms. The molecule has 0 unspecified atom stereocenters. The van der Waals surface area contributed by atoms with E-state index >= 15 is 0 Å². The van der Waals surface area contributed by atoms with Crippen molar-refractivity contribution in [1.82, 2.24) is 4.98 Å². The van der Waals surface area contributed by atoms with Crippen LogP contribution in [0.4, 0.5) is 11.5 Å². The largest absolute Gasteiger partial charge is 0.399 e. The van der Waals surface area contributed by atoms with Crippen molar-refractivity contribution in [2.24, 2.45) is 5.16 Å². The van der Waals surface area contributed by atoms with Crippen molar-refractivity contribution in [3.8, 4) is 11.1 Å². The number of aryl methyl sites for hydroxylation is 1. The van der Waals surface area contributed by atoms with Crippen molar-refractivity contribution >= 4 is 17.2 Å². The van der Waals surface area contributed by atoms with Gasteiger partial charge in [-0.15, -0.1) is 0 Å². The first-order valence-corrected chi connectivity index (χ1v) is 6.73. The van der Waals surface area contributed by atoms with Gasteiger partial charge in [0.15, 0.2) is 0 Å². The number of aromatic nitrogens is 1. The fourth-order valence-electron chi connectivity index (χ4n) is 2.01. The van der Waals surface area contributed by atoms with Gasteiger partial charge in [-0.05, 0) is 25.5 Å². The van der Waals surface area contributed by atoms with Crippen molar-refractivity contribution in [1.29, 1.82) is 0 Å². The van der Waals surface area contributed by atoms with Gasteiger partial charge in [0.05, 0.1) is 17.9 Å². The maximum atomic E-state index is 5.91. The summed E-state index contributed by atoms with van der Waals surface area (Å²) in [6, 6.07) is 10.3. The molecule has 21 heavy (non-hydrogen) atoms. The van der Waals surface area contributed by atoms with Gasteiger partial charge in [0.2, 0.25) is 0 Å². The van der Waals surface area contributed by atoms with E-state index in [1.165, 1.54) is 12.7 Å². The molecule has 0 saturated carbocycles. The zero-order valence-electron chi connectivity index (χ0n) is 12.6. The fraction of sp³-hybridized carbons (Fsp3) is 0.250. The number of nitrogens with two attached hydrogens (primary N) is 1. The third-order valence-electron chi connectivity index (χ3n) is 3.05. The molecular weight excluding hydrogens is 264 g/mol. The smallest absolute Gasteiger partial charge is 0.146 e. The monoisotopic (exact) mass is 284 g/mol. The molecule has 0 fully saturated rings. The molecular formula is C16H20N4O. The zero-order chi connectivity index (χ0) is 15.2. The van der Waals surface area contributed by atoms with Gasteiger partial charge in [-0.2, -0.15) is 0 Å². The third kappa shape index (κ3) is 3.95. The molecule has 0 saturated heterocycles. The number of pyridine rings is 1. The van der Waals surface area contributed by atoms with Crippen LogP contribution in [-0.2, 0) is 4.84 Å². The summed E-state index contributed by atoms with van der Waals surface area (Å²) in [4.78, 5) is 8.98. The van der Waals surface area contributed by atoms with Crippen LogP contribution in [-0.4, -0.2) is 24.4 Å². The number of nitrogens with zero attached hydrogens (tertiary/aromatic N) is 2. The summed E-state index contributed by atoms with van der Waals surface area (Å²) in [5.41, 5.74) is 10.9. The number of hydrogen-bond acceptors (Lipinski definition) is 5. The van der Waals surface area contributed by atoms with Crippen molar-refractivity contribution in [3.63, 3.8) is 0 Å². The molecule has 2 aromatic rings. The maximum Gasteiger partial charge on any atom is 0.146 e. The quantitative estimate of drug-likeness (QED) is 0.653. The molecule has 0 aliphatic carbocycles. The minimum absolute atomic E-state index is 0.469. The normalized spacial score (nSPS) is 11.3. The molecule has 0 aliphatic heterocycles. The summed E-state index contributed by atoms with van der Waals surface area (Å²) in [5.74, 6) is 0.469. The highest BCUT2D eigenvalue weighted by molar-refractivity contribution is 5.86. The van der Waals surface area contributed by atoms with Crippen LogP contribution in [0.2, 0.25) is 0 Å². The highest BCUT2D eigenvalue weighted by Crippen LogP contribution is 2.25. The first-order valence-electron chi connectivity index (χ1n) is 6.73. The molecule has 3 N–H and O–H groups in total. The molecule has 2 rings (SSSR count). The second-order valence-electron chi connectivity index (χ2n) is 4.89. The van der Waals surface area contributed by atoms with Crippen LogP contribution in [0.1, 0.15) is 12.5 Å². The average molecular weight is 284 g/mol. The Morgan fingerprint density at radius 2 is 2.14 bits per heavy atom. The molecule has 110 valence electrons. The lowest BCUT2D eigenvalue weighted by Gasteiger charge is -2.10. The number of benzene rings is 1. The minimum Gasteiger partial charge on any atom is -0.399 e. The number of hydrogen-bond donors (Lipinski definition) is 2. The molecule has 5 nitrogen and oxygen atoms in total. The predicted octanol–water partition coefficient (Wildman–Crippen LogP) is 3.07. The van der Waals surface area contributed by atoms with Crippen LogP contribution in [0.15, 0.2) is 41.7 Å². The summed E-state index contributed by atoms with van der Waals surface area (Å²) in [7, 11) is 1.53. The molecule has 0 spiro atoms. The Hall–Kier alpha value is -2.56. The van der Waals surface area contributed by atoms with Gasteiger partial charge in [0, 0.05) is 11.8 Å². The van der Waals surface area contributed by atoms with E-state index in [9.17, 15) is 0 Å². The van der Waals surface area contributed by atoms with Gasteiger partial charge < -0.3 is 15.9 Å². The first kappa shape index (κ1) is 14.8. The van der Waals surface area contributed by atoms with E-state index in [-0.39, 0.29) is 0 Å². The van der Waals surface area contributed by atoms with Crippen LogP contribution >= 0.6 is 0 Å². The molecule has 0 aliphatic rings. The van der Waals surface area contributed by atoms with Crippen molar-refractivity contribution in [3.05, 3.63) is 42.1 Å². The average Bonchev–Trinajstić information content (AvgIpc) is 2.47. The first-order chi connectivity index (χ1) is 10.1. The predicted molar refractivity (Wildman–Crippen MR) is 87.4 cm³/mol. The second-order valence-corrected chi connectivity index (χ2v) is 4.89. The maximum absolute atomic E-state index is 5.91. The molecule has 1 aromatic heterocycles. The van der Waals surface area contributed by atoms with E-state index in [0.29, 0.717) is 12.4 Å². The summed E-state index contributed by atoms with van der Waals surface area (Å²) >= 11 is 0. The third-order valence-corrected chi connectivity index (χ3v) is 3.05. The van der Waals surface area contributed by atoms with Crippen LogP contribution in [0, 0.1) is 6.92 Å². The van der Waals surface area contributed by atoms with Gasteiger partial charge in [0.1, 0.15) is 12.9 Å². The molecule has 0 amide bonds. The van der Waals surface area contributed by atoms with Crippen LogP contribution in [0.5, 0.6) is 0 Å². The van der Waals surface area contributed by atoms with E-state index in [0.717, 1.165) is 22.5 Å². The summed E-state index contributed by atoms with van der Waals surface area (Å²) in [6.07, 6.45) is 1.78. The lowest BCUT2D eigenvalue weighted by Crippen LogP contribution is -2.12. The number of rotatable bonds is 5. The second kappa shape index (κ2) is 6.74. The van der Waals surface area contributed by atoms with E-state index in [1.54, 1.807) is 6.20 Å². The summed E-state index contributed by atoms with van der Waals surface area (Å²) < 4.78 is 0. The Morgan fingerprint density at radius 1 is 1.33 bits per heavy atom. The number of nitrogens with one attached hydrogen (secondary N) is 1. The van der Waals surface area contributed by atoms with Crippen molar-refractivity contribution in [2.75, 3.05) is 24.7 Å². The lowest BCUT2D eigenvalue weighted by atomic mass is 10.0. The highest BCUT2D eigenvalue weighted by Gasteiger charge is 2.05. The summed E-state index contributed by atoms with van der Waals surface area (Å²) in [6.45, 7) is 4.50. The zero-order valence-corrected chi connectivity index (χ0v) is 12.6. The van der Waals surface area contributed by atoms with Crippen LogP contribution in [0.3, 0.4) is 0 Å². The molecule has 1 aromatic carbocycles. The molecule has 0 atom stereocenters. The van der Waals surface area contributed by atoms with Gasteiger partial charge >= 0.3 is 0 Å². The molecule has 1 heterocycles. The molecule has 0 bridgehead atoms. The SMILES string of the molecule is CO/N=C(\C)CNc1cc(-c2cccc(C)c2)cnc1N. The number of nitrogen functional groups attached to an aromatic ring is 1. The van der Waals surface area contributed by atoms with Crippen LogP contribution in [0.25, 0.3) is 11.1 Å². The van der Waals surface area contributed by atoms with E-state index in [2.05, 4.69) is 40.6 Å². The summed E-state index contributed by atoms with van der Waals surface area (Å²) in [5, 5.41) is 7.08. The highest BCUT2D eigenvalue weighted by atomic mass is 16.6. The van der Waals surface area contributed by atoms with Crippen LogP contribution < -0.4 is 11.1 Å².